The highest BCUT2D eigenvalue weighted by atomic mass is 16.5. The maximum Gasteiger partial charge on any atom is 0.306 e. The van der Waals surface area contributed by atoms with Crippen LogP contribution >= 0.6 is 0 Å². The fraction of sp³-hybridized carbons (Fsp3) is 0.409. The molecule has 0 aromatic heterocycles. The lowest BCUT2D eigenvalue weighted by Gasteiger charge is -2.22. The predicted molar refractivity (Wildman–Crippen MR) is 95.9 cm³/mol. The molecule has 2 nitrogen and oxygen atoms in total. The van der Waals surface area contributed by atoms with Crippen molar-refractivity contribution in [2.45, 2.75) is 57.0 Å². The van der Waals surface area contributed by atoms with Crippen molar-refractivity contribution in [1.82, 2.24) is 0 Å². The second kappa shape index (κ2) is 6.80. The zero-order valence-corrected chi connectivity index (χ0v) is 14.0. The molecular formula is C22H24O2. The number of rotatable bonds is 2. The predicted octanol–water partition coefficient (Wildman–Crippen LogP) is 5.46. The molecule has 1 aliphatic carbocycles. The van der Waals surface area contributed by atoms with Gasteiger partial charge in [-0.15, -0.1) is 0 Å². The maximum absolute atomic E-state index is 12.0. The third kappa shape index (κ3) is 2.98. The molecule has 2 aliphatic rings. The number of hydrogen-bond acceptors (Lipinski definition) is 2. The summed E-state index contributed by atoms with van der Waals surface area (Å²) in [5, 5.41) is 0. The molecule has 0 radical (unpaired) electrons. The summed E-state index contributed by atoms with van der Waals surface area (Å²) >= 11 is 0. The Hall–Kier alpha value is -2.09. The Morgan fingerprint density at radius 3 is 2.17 bits per heavy atom. The smallest absolute Gasteiger partial charge is 0.306 e. The van der Waals surface area contributed by atoms with Gasteiger partial charge in [0.15, 0.2) is 0 Å². The van der Waals surface area contributed by atoms with Crippen molar-refractivity contribution in [1.29, 1.82) is 0 Å². The highest BCUT2D eigenvalue weighted by Gasteiger charge is 2.31. The molecule has 0 saturated carbocycles. The van der Waals surface area contributed by atoms with E-state index in [0.717, 1.165) is 32.1 Å². The summed E-state index contributed by atoms with van der Waals surface area (Å²) in [6.07, 6.45) is 7.01. The Kier molecular flexibility index (Phi) is 4.38. The van der Waals surface area contributed by atoms with Crippen LogP contribution in [-0.2, 0) is 9.53 Å². The average molecular weight is 320 g/mol. The second-order valence-electron chi connectivity index (χ2n) is 7.03. The first kappa shape index (κ1) is 15.4. The van der Waals surface area contributed by atoms with Crippen molar-refractivity contribution in [3.63, 3.8) is 0 Å². The summed E-state index contributed by atoms with van der Waals surface area (Å²) in [7, 11) is 0. The molecule has 1 unspecified atom stereocenters. The van der Waals surface area contributed by atoms with Gasteiger partial charge in [0.05, 0.1) is 0 Å². The van der Waals surface area contributed by atoms with Gasteiger partial charge in [0.2, 0.25) is 0 Å². The van der Waals surface area contributed by atoms with Gasteiger partial charge in [-0.3, -0.25) is 4.79 Å². The normalized spacial score (nSPS) is 21.2. The number of hydrogen-bond donors (Lipinski definition) is 0. The molecule has 0 bridgehead atoms. The first-order valence-corrected chi connectivity index (χ1v) is 9.20. The van der Waals surface area contributed by atoms with Crippen molar-refractivity contribution >= 4 is 5.97 Å². The van der Waals surface area contributed by atoms with Gasteiger partial charge in [0, 0.05) is 12.3 Å². The van der Waals surface area contributed by atoms with Gasteiger partial charge in [-0.05, 0) is 47.9 Å². The SMILES string of the molecule is O=C1CCCCCCC(CC2c3ccccc3-c3ccccc32)O1. The van der Waals surface area contributed by atoms with E-state index in [-0.39, 0.29) is 12.1 Å². The van der Waals surface area contributed by atoms with Crippen LogP contribution in [0.4, 0.5) is 0 Å². The van der Waals surface area contributed by atoms with E-state index in [1.807, 2.05) is 0 Å². The van der Waals surface area contributed by atoms with Gasteiger partial charge in [0.25, 0.3) is 0 Å². The quantitative estimate of drug-likeness (QED) is 0.687. The van der Waals surface area contributed by atoms with Crippen LogP contribution in [-0.4, -0.2) is 12.1 Å². The second-order valence-corrected chi connectivity index (χ2v) is 7.03. The van der Waals surface area contributed by atoms with E-state index in [4.69, 9.17) is 4.74 Å². The molecule has 1 atom stereocenters. The summed E-state index contributed by atoms with van der Waals surface area (Å²) in [6.45, 7) is 0. The fourth-order valence-corrected chi connectivity index (χ4v) is 4.24. The van der Waals surface area contributed by atoms with Crippen molar-refractivity contribution in [3.8, 4) is 11.1 Å². The van der Waals surface area contributed by atoms with E-state index in [1.165, 1.54) is 28.7 Å². The minimum atomic E-state index is -0.0125. The van der Waals surface area contributed by atoms with Crippen molar-refractivity contribution < 1.29 is 9.53 Å². The highest BCUT2D eigenvalue weighted by Crippen LogP contribution is 2.47. The van der Waals surface area contributed by atoms with Crippen LogP contribution in [0.15, 0.2) is 48.5 Å². The van der Waals surface area contributed by atoms with Gasteiger partial charge < -0.3 is 4.74 Å². The monoisotopic (exact) mass is 320 g/mol. The minimum Gasteiger partial charge on any atom is -0.462 e. The number of ether oxygens (including phenoxy) is 1. The van der Waals surface area contributed by atoms with Crippen LogP contribution in [0.25, 0.3) is 11.1 Å². The first-order chi connectivity index (χ1) is 11.8. The molecule has 0 spiro atoms. The molecule has 1 aliphatic heterocycles. The molecule has 0 N–H and O–H groups in total. The number of carbonyl (C=O) groups excluding carboxylic acids is 1. The Morgan fingerprint density at radius 1 is 0.833 bits per heavy atom. The van der Waals surface area contributed by atoms with Crippen molar-refractivity contribution in [2.75, 3.05) is 0 Å². The minimum absolute atomic E-state index is 0.0125. The van der Waals surface area contributed by atoms with Crippen molar-refractivity contribution in [2.24, 2.45) is 0 Å². The molecule has 1 saturated heterocycles. The average Bonchev–Trinajstić information content (AvgIpc) is 2.96. The molecule has 2 heteroatoms. The Morgan fingerprint density at radius 2 is 1.46 bits per heavy atom. The molecule has 24 heavy (non-hydrogen) atoms. The van der Waals surface area contributed by atoms with E-state index >= 15 is 0 Å². The standard InChI is InChI=1S/C22H24O2/c23-22-14-4-2-1-3-9-16(24-22)15-21-19-12-7-5-10-17(19)18-11-6-8-13-20(18)21/h5-8,10-13,16,21H,1-4,9,14-15H2. The zero-order chi connectivity index (χ0) is 16.4. The molecule has 0 amide bonds. The number of fused-ring (bicyclic) bond motifs is 3. The van der Waals surface area contributed by atoms with E-state index in [0.29, 0.717) is 12.3 Å². The van der Waals surface area contributed by atoms with Crippen LogP contribution < -0.4 is 0 Å². The molecule has 124 valence electrons. The van der Waals surface area contributed by atoms with Gasteiger partial charge in [0.1, 0.15) is 6.10 Å². The summed E-state index contributed by atoms with van der Waals surface area (Å²) in [5.74, 6) is 0.331. The third-order valence-electron chi connectivity index (χ3n) is 5.42. The topological polar surface area (TPSA) is 26.3 Å². The van der Waals surface area contributed by atoms with Gasteiger partial charge in [-0.1, -0.05) is 61.4 Å². The van der Waals surface area contributed by atoms with Crippen LogP contribution in [0.1, 0.15) is 62.0 Å². The van der Waals surface area contributed by atoms with E-state index in [1.54, 1.807) is 0 Å². The summed E-state index contributed by atoms with van der Waals surface area (Å²) < 4.78 is 5.82. The van der Waals surface area contributed by atoms with Gasteiger partial charge >= 0.3 is 5.97 Å². The van der Waals surface area contributed by atoms with Gasteiger partial charge in [-0.25, -0.2) is 0 Å². The van der Waals surface area contributed by atoms with Gasteiger partial charge in [-0.2, -0.15) is 0 Å². The molecule has 1 fully saturated rings. The lowest BCUT2D eigenvalue weighted by atomic mass is 9.89. The molecule has 1 heterocycles. The lowest BCUT2D eigenvalue weighted by Crippen LogP contribution is -2.20. The van der Waals surface area contributed by atoms with E-state index in [9.17, 15) is 4.79 Å². The largest absolute Gasteiger partial charge is 0.462 e. The van der Waals surface area contributed by atoms with Crippen LogP contribution in [0.3, 0.4) is 0 Å². The number of benzene rings is 2. The Balaban J connectivity index is 1.62. The van der Waals surface area contributed by atoms with Crippen molar-refractivity contribution in [3.05, 3.63) is 59.7 Å². The lowest BCUT2D eigenvalue weighted by molar-refractivity contribution is -0.149. The van der Waals surface area contributed by atoms with Crippen LogP contribution in [0.5, 0.6) is 0 Å². The Labute approximate surface area is 143 Å². The van der Waals surface area contributed by atoms with E-state index in [2.05, 4.69) is 48.5 Å². The Bertz CT molecular complexity index is 689. The molecule has 2 aromatic rings. The maximum atomic E-state index is 12.0. The fourth-order valence-electron chi connectivity index (χ4n) is 4.24. The molecular weight excluding hydrogens is 296 g/mol. The zero-order valence-electron chi connectivity index (χ0n) is 14.0. The van der Waals surface area contributed by atoms with Crippen LogP contribution in [0.2, 0.25) is 0 Å². The summed E-state index contributed by atoms with van der Waals surface area (Å²) in [4.78, 5) is 12.0. The third-order valence-corrected chi connectivity index (χ3v) is 5.42. The number of esters is 1. The van der Waals surface area contributed by atoms with E-state index < -0.39 is 0 Å². The number of cyclic esters (lactones) is 1. The summed E-state index contributed by atoms with van der Waals surface area (Å²) in [6, 6.07) is 17.3. The highest BCUT2D eigenvalue weighted by molar-refractivity contribution is 5.78. The molecule has 4 rings (SSSR count). The summed E-state index contributed by atoms with van der Waals surface area (Å²) in [5.41, 5.74) is 5.45. The van der Waals surface area contributed by atoms with Crippen LogP contribution in [0, 0.1) is 0 Å². The molecule has 2 aromatic carbocycles. The number of carbonyl (C=O) groups is 1. The first-order valence-electron chi connectivity index (χ1n) is 9.20.